The normalized spacial score (nSPS) is 15.2. The number of rotatable bonds is 20. The lowest BCUT2D eigenvalue weighted by Crippen LogP contribution is -2.40. The fourth-order valence-electron chi connectivity index (χ4n) is 9.77. The quantitative estimate of drug-likeness (QED) is 0.0678. The first-order valence-electron chi connectivity index (χ1n) is 25.9. The van der Waals surface area contributed by atoms with Gasteiger partial charge in [0.25, 0.3) is 0 Å². The summed E-state index contributed by atoms with van der Waals surface area (Å²) in [6, 6.07) is 56.5. The van der Waals surface area contributed by atoms with Crippen LogP contribution < -0.4 is 56.8 Å². The van der Waals surface area contributed by atoms with Gasteiger partial charge >= 0.3 is 0 Å². The molecule has 0 saturated heterocycles. The van der Waals surface area contributed by atoms with Crippen molar-refractivity contribution in [2.75, 3.05) is 85.3 Å². The van der Waals surface area contributed by atoms with Gasteiger partial charge in [-0.3, -0.25) is 0 Å². The van der Waals surface area contributed by atoms with Crippen LogP contribution >= 0.6 is 0 Å². The highest BCUT2D eigenvalue weighted by Gasteiger charge is 2.53. The van der Waals surface area contributed by atoms with Gasteiger partial charge in [0, 0.05) is 24.3 Å². The number of hydrogen-bond acceptors (Lipinski definition) is 12. The van der Waals surface area contributed by atoms with Gasteiger partial charge in [0.05, 0.1) is 85.3 Å². The van der Waals surface area contributed by atoms with E-state index in [1.807, 2.05) is 146 Å². The second kappa shape index (κ2) is 29.0. The molecule has 0 N–H and O–H groups in total. The molecule has 1 aliphatic carbocycles. The topological polar surface area (TPSA) is 111 Å². The molecule has 1 fully saturated rings. The highest BCUT2D eigenvalue weighted by Crippen LogP contribution is 2.67. The molecule has 9 rings (SSSR count). The molecule has 0 aliphatic heterocycles. The molecule has 80 heavy (non-hydrogen) atoms. The van der Waals surface area contributed by atoms with E-state index in [1.165, 1.54) is 11.1 Å². The van der Waals surface area contributed by atoms with Crippen LogP contribution in [0.25, 0.3) is 24.3 Å². The number of hydrogen-bond donors (Lipinski definition) is 0. The maximum Gasteiger partial charge on any atom is 0.123 e. The van der Waals surface area contributed by atoms with Crippen LogP contribution in [-0.2, 0) is 0 Å². The summed E-state index contributed by atoms with van der Waals surface area (Å²) in [5.74, 6) is 10.1. The second-order valence-corrected chi connectivity index (χ2v) is 18.4. The Morgan fingerprint density at radius 1 is 0.188 bits per heavy atom. The number of ether oxygens (including phenoxy) is 12. The largest absolute Gasteiger partial charge is 0.497 e. The van der Waals surface area contributed by atoms with Gasteiger partial charge in [0.2, 0.25) is 0 Å². The van der Waals surface area contributed by atoms with Crippen molar-refractivity contribution in [3.05, 3.63) is 214 Å². The molecule has 0 radical (unpaired) electrons. The Balaban J connectivity index is 0.000000193. The third-order valence-corrected chi connectivity index (χ3v) is 14.0. The van der Waals surface area contributed by atoms with Crippen molar-refractivity contribution in [1.82, 2.24) is 0 Å². The van der Waals surface area contributed by atoms with E-state index < -0.39 is 0 Å². The Labute approximate surface area is 471 Å². The summed E-state index contributed by atoms with van der Waals surface area (Å²) in [6.45, 7) is 0. The number of methoxy groups -OCH3 is 12. The van der Waals surface area contributed by atoms with Gasteiger partial charge in [0.1, 0.15) is 69.0 Å². The Kier molecular flexibility index (Phi) is 21.2. The van der Waals surface area contributed by atoms with Crippen LogP contribution in [0, 0.1) is 0 Å². The zero-order chi connectivity index (χ0) is 57.0. The minimum Gasteiger partial charge on any atom is -0.497 e. The summed E-state index contributed by atoms with van der Waals surface area (Å²) in [6.07, 6.45) is 8.11. The van der Waals surface area contributed by atoms with Crippen molar-refractivity contribution in [2.45, 2.75) is 23.7 Å². The summed E-state index contributed by atoms with van der Waals surface area (Å²) >= 11 is 0. The van der Waals surface area contributed by atoms with Gasteiger partial charge < -0.3 is 56.8 Å². The first-order valence-corrected chi connectivity index (χ1v) is 25.9. The fourth-order valence-corrected chi connectivity index (χ4v) is 9.77. The zero-order valence-electron chi connectivity index (χ0n) is 47.7. The Morgan fingerprint density at radius 2 is 0.375 bits per heavy atom. The summed E-state index contributed by atoms with van der Waals surface area (Å²) < 4.78 is 65.0. The van der Waals surface area contributed by atoms with Gasteiger partial charge in [-0.15, -0.1) is 0 Å². The molecular formula is C68H72O12. The van der Waals surface area contributed by atoms with E-state index >= 15 is 0 Å². The maximum absolute atomic E-state index is 5.68. The van der Waals surface area contributed by atoms with Gasteiger partial charge in [-0.25, -0.2) is 0 Å². The van der Waals surface area contributed by atoms with Crippen LogP contribution in [0.3, 0.4) is 0 Å². The van der Waals surface area contributed by atoms with E-state index in [1.54, 1.807) is 85.3 Å². The van der Waals surface area contributed by atoms with Crippen LogP contribution in [0.4, 0.5) is 0 Å². The number of benzene rings is 8. The highest BCUT2D eigenvalue weighted by atomic mass is 16.5. The van der Waals surface area contributed by atoms with Crippen molar-refractivity contribution in [1.29, 1.82) is 0 Å². The molecule has 0 amide bonds. The van der Waals surface area contributed by atoms with Crippen molar-refractivity contribution in [3.63, 3.8) is 0 Å². The second-order valence-electron chi connectivity index (χ2n) is 18.4. The standard InChI is InChI=1S/C34H36O6.2C17H18O3/c1-35-25-11-7-21(8-12-25)31-33(23-15-27(37-3)19-28(16-23)38-4)32(22-9-13-26(36-2)14-10-22)34(31)24-17-29(39-5)20-30(18-24)40-6;2*1-18-15-8-6-13(7-9-15)4-5-14-10-16(19-2)12-17(11-14)20-3/h7-20,31-34H,1-6H3;2*4-12H,1-3H3/b;2*5-4+. The average Bonchev–Trinajstić information content (AvgIpc) is 3.70. The van der Waals surface area contributed by atoms with Crippen LogP contribution in [-0.4, -0.2) is 85.3 Å². The first kappa shape index (κ1) is 58.5. The molecule has 0 atom stereocenters. The van der Waals surface area contributed by atoms with E-state index in [0.29, 0.717) is 0 Å². The molecule has 0 spiro atoms. The molecule has 1 aliphatic rings. The molecule has 0 bridgehead atoms. The van der Waals surface area contributed by atoms with Crippen LogP contribution in [0.15, 0.2) is 170 Å². The predicted octanol–water partition coefficient (Wildman–Crippen LogP) is 15.0. The van der Waals surface area contributed by atoms with E-state index in [-0.39, 0.29) is 23.7 Å². The lowest BCUT2D eigenvalue weighted by Gasteiger charge is -2.54. The van der Waals surface area contributed by atoms with Crippen molar-refractivity contribution in [3.8, 4) is 69.0 Å². The van der Waals surface area contributed by atoms with Crippen LogP contribution in [0.5, 0.6) is 69.0 Å². The molecule has 12 heteroatoms. The van der Waals surface area contributed by atoms with Gasteiger partial charge in [0.15, 0.2) is 0 Å². The van der Waals surface area contributed by atoms with Gasteiger partial charge in [-0.05, 0) is 165 Å². The highest BCUT2D eigenvalue weighted by molar-refractivity contribution is 5.72. The van der Waals surface area contributed by atoms with Crippen LogP contribution in [0.2, 0.25) is 0 Å². The van der Waals surface area contributed by atoms with Gasteiger partial charge in [-0.1, -0.05) is 72.8 Å². The van der Waals surface area contributed by atoms with E-state index in [9.17, 15) is 0 Å². The molecule has 0 heterocycles. The van der Waals surface area contributed by atoms with Gasteiger partial charge in [-0.2, -0.15) is 0 Å². The fraction of sp³-hybridized carbons (Fsp3) is 0.235. The van der Waals surface area contributed by atoms with E-state index in [0.717, 1.165) is 102 Å². The van der Waals surface area contributed by atoms with E-state index in [2.05, 4.69) is 48.5 Å². The summed E-state index contributed by atoms with van der Waals surface area (Å²) in [5, 5.41) is 0. The minimum absolute atomic E-state index is 0.132. The maximum atomic E-state index is 5.68. The molecular weight excluding hydrogens is 1010 g/mol. The Bertz CT molecular complexity index is 2940. The first-order chi connectivity index (χ1) is 39.0. The molecule has 0 aromatic heterocycles. The van der Waals surface area contributed by atoms with Crippen molar-refractivity contribution >= 4 is 24.3 Å². The molecule has 12 nitrogen and oxygen atoms in total. The lowest BCUT2D eigenvalue weighted by atomic mass is 9.49. The Hall–Kier alpha value is -9.16. The Morgan fingerprint density at radius 3 is 0.600 bits per heavy atom. The molecule has 0 unspecified atom stereocenters. The smallest absolute Gasteiger partial charge is 0.123 e. The summed E-state index contributed by atoms with van der Waals surface area (Å²) in [4.78, 5) is 0. The third kappa shape index (κ3) is 15.1. The van der Waals surface area contributed by atoms with E-state index in [4.69, 9.17) is 56.8 Å². The molecule has 416 valence electrons. The lowest BCUT2D eigenvalue weighted by molar-refractivity contribution is 0.226. The average molecular weight is 1080 g/mol. The molecule has 8 aromatic rings. The summed E-state index contributed by atoms with van der Waals surface area (Å²) in [5.41, 5.74) is 9.02. The SMILES string of the molecule is COc1ccc(/C=C/c2cc(OC)cc(OC)c2)cc1.COc1ccc(/C=C/c2cc(OC)cc(OC)c2)cc1.COc1ccc(C2C(c3cc(OC)cc(OC)c3)C(c3ccc(OC)cc3)C2c2cc(OC)cc(OC)c2)cc1. The third-order valence-electron chi connectivity index (χ3n) is 14.0. The molecule has 1 saturated carbocycles. The van der Waals surface area contributed by atoms with Crippen molar-refractivity contribution in [2.24, 2.45) is 0 Å². The zero-order valence-corrected chi connectivity index (χ0v) is 47.7. The minimum atomic E-state index is 0.132. The van der Waals surface area contributed by atoms with Crippen LogP contribution in [0.1, 0.15) is 68.2 Å². The predicted molar refractivity (Wildman–Crippen MR) is 319 cm³/mol. The monoisotopic (exact) mass is 1080 g/mol. The van der Waals surface area contributed by atoms with Crippen molar-refractivity contribution < 1.29 is 56.8 Å². The molecule has 8 aromatic carbocycles. The summed E-state index contributed by atoms with van der Waals surface area (Å²) in [7, 11) is 20.0.